The van der Waals surface area contributed by atoms with Crippen LogP contribution in [0.4, 0.5) is 5.82 Å². The van der Waals surface area contributed by atoms with Crippen LogP contribution in [0.2, 0.25) is 0 Å². The van der Waals surface area contributed by atoms with Crippen LogP contribution in [0.15, 0.2) is 24.7 Å². The number of carbonyl (C=O) groups is 1. The second-order valence-corrected chi connectivity index (χ2v) is 6.28. The Morgan fingerprint density at radius 1 is 1.22 bits per heavy atom. The SMILES string of the molecule is O=C(O)c1cnn(C2CCN(c3ccnc(C4CC4)n3)CC2)c1. The van der Waals surface area contributed by atoms with Crippen molar-refractivity contribution in [3.05, 3.63) is 36.0 Å². The third-order valence-electron chi connectivity index (χ3n) is 4.61. The quantitative estimate of drug-likeness (QED) is 0.930. The molecule has 1 aliphatic carbocycles. The van der Waals surface area contributed by atoms with Gasteiger partial charge < -0.3 is 10.0 Å². The van der Waals surface area contributed by atoms with E-state index < -0.39 is 5.97 Å². The van der Waals surface area contributed by atoms with Crippen molar-refractivity contribution < 1.29 is 9.90 Å². The number of carboxylic acid groups (broad SMARTS) is 1. The Morgan fingerprint density at radius 3 is 2.65 bits per heavy atom. The summed E-state index contributed by atoms with van der Waals surface area (Å²) in [5.41, 5.74) is 0.248. The van der Waals surface area contributed by atoms with Crippen molar-refractivity contribution in [3.8, 4) is 0 Å². The molecule has 0 spiro atoms. The highest BCUT2D eigenvalue weighted by atomic mass is 16.4. The monoisotopic (exact) mass is 313 g/mol. The lowest BCUT2D eigenvalue weighted by molar-refractivity contribution is 0.0696. The number of carboxylic acids is 1. The number of hydrogen-bond acceptors (Lipinski definition) is 5. The zero-order valence-corrected chi connectivity index (χ0v) is 12.8. The Labute approximate surface area is 134 Å². The summed E-state index contributed by atoms with van der Waals surface area (Å²) in [5, 5.41) is 13.2. The van der Waals surface area contributed by atoms with Crippen molar-refractivity contribution >= 4 is 11.8 Å². The Hall–Kier alpha value is -2.44. The molecule has 1 N–H and O–H groups in total. The van der Waals surface area contributed by atoms with Crippen molar-refractivity contribution in [2.45, 2.75) is 37.6 Å². The predicted octanol–water partition coefficient (Wildman–Crippen LogP) is 2.09. The summed E-state index contributed by atoms with van der Waals surface area (Å²) in [6, 6.07) is 2.23. The molecule has 23 heavy (non-hydrogen) atoms. The first-order valence-corrected chi connectivity index (χ1v) is 8.06. The Kier molecular flexibility index (Phi) is 3.48. The molecule has 7 nitrogen and oxygen atoms in total. The van der Waals surface area contributed by atoms with Gasteiger partial charge in [-0.1, -0.05) is 0 Å². The minimum Gasteiger partial charge on any atom is -0.478 e. The Balaban J connectivity index is 1.42. The summed E-state index contributed by atoms with van der Waals surface area (Å²) in [6.45, 7) is 1.79. The molecular formula is C16H19N5O2. The number of aromatic carboxylic acids is 1. The van der Waals surface area contributed by atoms with Crippen LogP contribution < -0.4 is 4.90 Å². The molecule has 3 heterocycles. The van der Waals surface area contributed by atoms with Crippen LogP contribution in [-0.2, 0) is 0 Å². The van der Waals surface area contributed by atoms with Gasteiger partial charge in [-0.05, 0) is 31.7 Å². The molecule has 1 aliphatic heterocycles. The summed E-state index contributed by atoms with van der Waals surface area (Å²) >= 11 is 0. The molecule has 0 amide bonds. The molecule has 7 heteroatoms. The lowest BCUT2D eigenvalue weighted by atomic mass is 10.1. The zero-order valence-electron chi connectivity index (χ0n) is 12.8. The maximum Gasteiger partial charge on any atom is 0.338 e. The molecule has 4 rings (SSSR count). The maximum absolute atomic E-state index is 11.0. The normalized spacial score (nSPS) is 19.0. The van der Waals surface area contributed by atoms with Crippen LogP contribution in [0.1, 0.15) is 53.8 Å². The van der Waals surface area contributed by atoms with Gasteiger partial charge in [-0.2, -0.15) is 5.10 Å². The fourth-order valence-corrected chi connectivity index (χ4v) is 3.09. The van der Waals surface area contributed by atoms with E-state index in [-0.39, 0.29) is 11.6 Å². The summed E-state index contributed by atoms with van der Waals surface area (Å²) in [5.74, 6) is 1.61. The average Bonchev–Trinajstić information content (AvgIpc) is 3.31. The lowest BCUT2D eigenvalue weighted by Crippen LogP contribution is -2.35. The standard InChI is InChI=1S/C16H19N5O2/c22-16(23)12-9-18-21(10-12)13-4-7-20(8-5-13)14-3-6-17-15(19-14)11-1-2-11/h3,6,9-11,13H,1-2,4-5,7-8H2,(H,22,23). The minimum atomic E-state index is -0.928. The van der Waals surface area contributed by atoms with Crippen molar-refractivity contribution in [1.29, 1.82) is 0 Å². The maximum atomic E-state index is 11.0. The van der Waals surface area contributed by atoms with Gasteiger partial charge in [0, 0.05) is 31.4 Å². The average molecular weight is 313 g/mol. The van der Waals surface area contributed by atoms with E-state index in [2.05, 4.69) is 15.0 Å². The highest BCUT2D eigenvalue weighted by Gasteiger charge is 2.28. The molecule has 2 aromatic rings. The number of anilines is 1. The molecule has 0 unspecified atom stereocenters. The summed E-state index contributed by atoms with van der Waals surface area (Å²) in [4.78, 5) is 22.3. The first-order valence-electron chi connectivity index (χ1n) is 8.06. The van der Waals surface area contributed by atoms with Crippen LogP contribution in [0.25, 0.3) is 0 Å². The van der Waals surface area contributed by atoms with Crippen molar-refractivity contribution in [2.75, 3.05) is 18.0 Å². The van der Waals surface area contributed by atoms with Gasteiger partial charge in [-0.3, -0.25) is 4.68 Å². The van der Waals surface area contributed by atoms with Crippen molar-refractivity contribution in [2.24, 2.45) is 0 Å². The highest BCUT2D eigenvalue weighted by molar-refractivity contribution is 5.86. The first-order chi connectivity index (χ1) is 11.2. The highest BCUT2D eigenvalue weighted by Crippen LogP contribution is 2.38. The van der Waals surface area contributed by atoms with Gasteiger partial charge in [0.2, 0.25) is 0 Å². The number of rotatable bonds is 4. The van der Waals surface area contributed by atoms with Gasteiger partial charge >= 0.3 is 5.97 Å². The lowest BCUT2D eigenvalue weighted by Gasteiger charge is -2.32. The van der Waals surface area contributed by atoms with Crippen LogP contribution in [-0.4, -0.2) is 43.9 Å². The van der Waals surface area contributed by atoms with Gasteiger partial charge in [0.15, 0.2) is 0 Å². The van der Waals surface area contributed by atoms with Gasteiger partial charge in [0.25, 0.3) is 0 Å². The van der Waals surface area contributed by atoms with E-state index in [1.165, 1.54) is 19.0 Å². The smallest absolute Gasteiger partial charge is 0.338 e. The summed E-state index contributed by atoms with van der Waals surface area (Å²) in [6.07, 6.45) is 9.18. The van der Waals surface area contributed by atoms with E-state index in [4.69, 9.17) is 10.1 Å². The number of aromatic nitrogens is 4. The molecule has 2 fully saturated rings. The fraction of sp³-hybridized carbons (Fsp3) is 0.500. The molecule has 1 saturated carbocycles. The number of nitrogens with zero attached hydrogens (tertiary/aromatic N) is 5. The van der Waals surface area contributed by atoms with Crippen LogP contribution in [0, 0.1) is 0 Å². The van der Waals surface area contributed by atoms with E-state index in [1.54, 1.807) is 10.9 Å². The van der Waals surface area contributed by atoms with E-state index in [1.807, 2.05) is 12.3 Å². The number of piperidine rings is 1. The van der Waals surface area contributed by atoms with E-state index in [0.717, 1.165) is 37.6 Å². The molecule has 0 aromatic carbocycles. The van der Waals surface area contributed by atoms with E-state index >= 15 is 0 Å². The summed E-state index contributed by atoms with van der Waals surface area (Å²) < 4.78 is 1.79. The van der Waals surface area contributed by atoms with Crippen LogP contribution >= 0.6 is 0 Å². The predicted molar refractivity (Wildman–Crippen MR) is 83.7 cm³/mol. The molecular weight excluding hydrogens is 294 g/mol. The van der Waals surface area contributed by atoms with Gasteiger partial charge in [-0.25, -0.2) is 14.8 Å². The van der Waals surface area contributed by atoms with E-state index in [9.17, 15) is 4.79 Å². The largest absolute Gasteiger partial charge is 0.478 e. The topological polar surface area (TPSA) is 84.1 Å². The van der Waals surface area contributed by atoms with Crippen LogP contribution in [0.5, 0.6) is 0 Å². The third kappa shape index (κ3) is 2.91. The van der Waals surface area contributed by atoms with Gasteiger partial charge in [0.1, 0.15) is 11.6 Å². The molecule has 0 atom stereocenters. The van der Waals surface area contributed by atoms with Gasteiger partial charge in [0.05, 0.1) is 17.8 Å². The minimum absolute atomic E-state index is 0.248. The van der Waals surface area contributed by atoms with Gasteiger partial charge in [-0.15, -0.1) is 0 Å². The molecule has 2 aromatic heterocycles. The molecule has 0 bridgehead atoms. The molecule has 0 radical (unpaired) electrons. The van der Waals surface area contributed by atoms with Crippen molar-refractivity contribution in [1.82, 2.24) is 19.7 Å². The van der Waals surface area contributed by atoms with E-state index in [0.29, 0.717) is 5.92 Å². The molecule has 2 aliphatic rings. The molecule has 1 saturated heterocycles. The second-order valence-electron chi connectivity index (χ2n) is 6.28. The second kappa shape index (κ2) is 5.64. The Morgan fingerprint density at radius 2 is 2.00 bits per heavy atom. The molecule has 120 valence electrons. The number of hydrogen-bond donors (Lipinski definition) is 1. The van der Waals surface area contributed by atoms with Crippen molar-refractivity contribution in [3.63, 3.8) is 0 Å². The fourth-order valence-electron chi connectivity index (χ4n) is 3.09. The first kappa shape index (κ1) is 14.2. The summed E-state index contributed by atoms with van der Waals surface area (Å²) in [7, 11) is 0. The third-order valence-corrected chi connectivity index (χ3v) is 4.61. The zero-order chi connectivity index (χ0) is 15.8. The Bertz CT molecular complexity index is 717. The van der Waals surface area contributed by atoms with Crippen LogP contribution in [0.3, 0.4) is 0 Å².